The average Bonchev–Trinajstić information content (AvgIpc) is 2.86. The third-order valence-corrected chi connectivity index (χ3v) is 9.03. The maximum absolute atomic E-state index is 12.9. The summed E-state index contributed by atoms with van der Waals surface area (Å²) in [5, 5.41) is 7.63. The Morgan fingerprint density at radius 1 is 0.613 bits per heavy atom. The van der Waals surface area contributed by atoms with Gasteiger partial charge in [-0.25, -0.2) is 0 Å². The number of ketones is 1. The number of rotatable bonds is 7. The number of carbonyl (C=O) groups excluding carboxylic acids is 1. The van der Waals surface area contributed by atoms with Crippen LogP contribution in [-0.2, 0) is 4.53 Å². The summed E-state index contributed by atoms with van der Waals surface area (Å²) in [6, 6.07) is 39.7. The Morgan fingerprint density at radius 2 is 0.968 bits per heavy atom. The molecule has 0 amide bonds. The molecule has 3 nitrogen and oxygen atoms in total. The van der Waals surface area contributed by atoms with Crippen molar-refractivity contribution in [1.82, 2.24) is 0 Å². The van der Waals surface area contributed by atoms with Gasteiger partial charge in [-0.15, -0.1) is 5.16 Å². The van der Waals surface area contributed by atoms with E-state index in [2.05, 4.69) is 41.6 Å². The Labute approximate surface area is 183 Å². The largest absolute Gasteiger partial charge is 0.438 e. The zero-order valence-corrected chi connectivity index (χ0v) is 18.3. The molecular weight excluding hydrogens is 398 g/mol. The number of hydrogen-bond donors (Lipinski definition) is 0. The lowest BCUT2D eigenvalue weighted by atomic mass is 10.1. The van der Waals surface area contributed by atoms with Crippen LogP contribution in [0.5, 0.6) is 0 Å². The molecule has 0 unspecified atom stereocenters. The number of nitrogens with zero attached hydrogens (tertiary/aromatic N) is 1. The maximum atomic E-state index is 12.9. The molecule has 31 heavy (non-hydrogen) atoms. The average molecular weight is 422 g/mol. The standard InChI is InChI=1S/C27H23NO2Si/c1-22(27(29)23-14-6-2-7-15-23)28-30-31(24-16-8-3-9-17-24,25-18-10-4-11-19-25)26-20-12-5-13-21-26/h2-21H,1H3. The van der Waals surface area contributed by atoms with Crippen LogP contribution >= 0.6 is 0 Å². The molecule has 0 heterocycles. The molecule has 4 aromatic carbocycles. The predicted octanol–water partition coefficient (Wildman–Crippen LogP) is 3.93. The van der Waals surface area contributed by atoms with Gasteiger partial charge in [-0.3, -0.25) is 4.79 Å². The zero-order chi connectivity index (χ0) is 21.5. The van der Waals surface area contributed by atoms with Gasteiger partial charge >= 0.3 is 8.32 Å². The van der Waals surface area contributed by atoms with Crippen molar-refractivity contribution in [2.75, 3.05) is 0 Å². The fourth-order valence-corrected chi connectivity index (χ4v) is 7.23. The third kappa shape index (κ3) is 4.25. The van der Waals surface area contributed by atoms with Gasteiger partial charge in [-0.05, 0) is 22.5 Å². The summed E-state index contributed by atoms with van der Waals surface area (Å²) in [5.74, 6) is -0.141. The molecule has 0 N–H and O–H groups in total. The number of hydrogen-bond acceptors (Lipinski definition) is 3. The molecule has 152 valence electrons. The minimum atomic E-state index is -2.97. The van der Waals surface area contributed by atoms with Crippen LogP contribution in [0.15, 0.2) is 126 Å². The molecule has 4 heteroatoms. The van der Waals surface area contributed by atoms with Crippen molar-refractivity contribution in [3.05, 3.63) is 127 Å². The molecule has 0 fully saturated rings. The first-order valence-electron chi connectivity index (χ1n) is 10.2. The number of benzene rings is 4. The van der Waals surface area contributed by atoms with E-state index < -0.39 is 8.32 Å². The van der Waals surface area contributed by atoms with Crippen LogP contribution in [0.4, 0.5) is 0 Å². The summed E-state index contributed by atoms with van der Waals surface area (Å²) in [6.45, 7) is 1.70. The summed E-state index contributed by atoms with van der Waals surface area (Å²) in [6.07, 6.45) is 0. The Bertz CT molecular complexity index is 1060. The molecule has 0 spiro atoms. The summed E-state index contributed by atoms with van der Waals surface area (Å²) in [7, 11) is -2.97. The molecule has 0 bridgehead atoms. The zero-order valence-electron chi connectivity index (χ0n) is 17.3. The second-order valence-corrected chi connectivity index (χ2v) is 10.5. The van der Waals surface area contributed by atoms with E-state index in [0.29, 0.717) is 11.3 Å². The molecule has 0 aromatic heterocycles. The second-order valence-electron chi connectivity index (χ2n) is 7.24. The van der Waals surface area contributed by atoms with Crippen LogP contribution in [0.2, 0.25) is 0 Å². The second kappa shape index (κ2) is 9.37. The fraction of sp³-hybridized carbons (Fsp3) is 0.0370. The lowest BCUT2D eigenvalue weighted by Crippen LogP contribution is -2.68. The predicted molar refractivity (Wildman–Crippen MR) is 129 cm³/mol. The van der Waals surface area contributed by atoms with Crippen LogP contribution in [-0.4, -0.2) is 19.8 Å². The van der Waals surface area contributed by atoms with E-state index in [9.17, 15) is 4.79 Å². The van der Waals surface area contributed by atoms with E-state index in [4.69, 9.17) is 4.53 Å². The van der Waals surface area contributed by atoms with Crippen molar-refractivity contribution in [1.29, 1.82) is 0 Å². The van der Waals surface area contributed by atoms with E-state index in [0.717, 1.165) is 15.6 Å². The summed E-state index contributed by atoms with van der Waals surface area (Å²) in [4.78, 5) is 12.9. The van der Waals surface area contributed by atoms with E-state index in [1.807, 2.05) is 72.8 Å². The fourth-order valence-electron chi connectivity index (χ4n) is 3.65. The smallest absolute Gasteiger partial charge is 0.380 e. The van der Waals surface area contributed by atoms with Crippen LogP contribution < -0.4 is 15.6 Å². The summed E-state index contributed by atoms with van der Waals surface area (Å²) in [5.41, 5.74) is 0.921. The minimum absolute atomic E-state index is 0.141. The summed E-state index contributed by atoms with van der Waals surface area (Å²) >= 11 is 0. The number of carbonyl (C=O) groups is 1. The topological polar surface area (TPSA) is 38.7 Å². The molecule has 4 aromatic rings. The first-order valence-corrected chi connectivity index (χ1v) is 12.1. The van der Waals surface area contributed by atoms with Gasteiger partial charge in [-0.1, -0.05) is 121 Å². The van der Waals surface area contributed by atoms with Crippen molar-refractivity contribution in [3.63, 3.8) is 0 Å². The van der Waals surface area contributed by atoms with Crippen molar-refractivity contribution in [3.8, 4) is 0 Å². The van der Waals surface area contributed by atoms with Gasteiger partial charge in [0.15, 0.2) is 0 Å². The quantitative estimate of drug-likeness (QED) is 0.149. The molecule has 4 rings (SSSR count). The van der Waals surface area contributed by atoms with Gasteiger partial charge in [0, 0.05) is 5.56 Å². The highest BCUT2D eigenvalue weighted by molar-refractivity contribution is 7.07. The SMILES string of the molecule is CC(=NO[Si](c1ccccc1)(c1ccccc1)c1ccccc1)C(=O)c1ccccc1. The molecular formula is C27H23NO2Si. The first kappa shape index (κ1) is 20.5. The lowest BCUT2D eigenvalue weighted by molar-refractivity contribution is 0.106. The third-order valence-electron chi connectivity index (χ3n) is 5.23. The van der Waals surface area contributed by atoms with Gasteiger partial charge in [0.2, 0.25) is 5.78 Å². The van der Waals surface area contributed by atoms with E-state index >= 15 is 0 Å². The molecule has 0 saturated heterocycles. The Balaban J connectivity index is 1.85. The van der Waals surface area contributed by atoms with Crippen molar-refractivity contribution in [2.24, 2.45) is 5.16 Å². The number of oxime groups is 1. The van der Waals surface area contributed by atoms with Crippen molar-refractivity contribution in [2.45, 2.75) is 6.92 Å². The normalized spacial score (nSPS) is 11.7. The highest BCUT2D eigenvalue weighted by atomic mass is 28.4. The molecule has 0 aliphatic carbocycles. The molecule has 0 aliphatic rings. The highest BCUT2D eigenvalue weighted by Crippen LogP contribution is 2.11. The van der Waals surface area contributed by atoms with Crippen molar-refractivity contribution >= 4 is 35.4 Å². The van der Waals surface area contributed by atoms with Crippen molar-refractivity contribution < 1.29 is 9.32 Å². The molecule has 0 aliphatic heterocycles. The Morgan fingerprint density at radius 3 is 1.35 bits per heavy atom. The van der Waals surface area contributed by atoms with Gasteiger partial charge in [0.25, 0.3) is 0 Å². The Hall–Kier alpha value is -3.76. The summed E-state index contributed by atoms with van der Waals surface area (Å²) < 4.78 is 6.50. The van der Waals surface area contributed by atoms with Crippen LogP contribution in [0, 0.1) is 0 Å². The molecule has 0 radical (unpaired) electrons. The van der Waals surface area contributed by atoms with E-state index in [-0.39, 0.29) is 5.78 Å². The van der Waals surface area contributed by atoms with Crippen LogP contribution in [0.3, 0.4) is 0 Å². The maximum Gasteiger partial charge on any atom is 0.380 e. The highest BCUT2D eigenvalue weighted by Gasteiger charge is 2.45. The molecule has 0 atom stereocenters. The monoisotopic (exact) mass is 421 g/mol. The van der Waals surface area contributed by atoms with Gasteiger partial charge < -0.3 is 4.53 Å². The van der Waals surface area contributed by atoms with E-state index in [1.165, 1.54) is 0 Å². The van der Waals surface area contributed by atoms with Crippen LogP contribution in [0.25, 0.3) is 0 Å². The first-order chi connectivity index (χ1) is 15.2. The lowest BCUT2D eigenvalue weighted by Gasteiger charge is -2.30. The van der Waals surface area contributed by atoms with Gasteiger partial charge in [-0.2, -0.15) is 0 Å². The molecule has 0 saturated carbocycles. The minimum Gasteiger partial charge on any atom is -0.438 e. The van der Waals surface area contributed by atoms with Gasteiger partial charge in [0.1, 0.15) is 5.71 Å². The van der Waals surface area contributed by atoms with Crippen LogP contribution in [0.1, 0.15) is 17.3 Å². The number of Topliss-reactive ketones (excluding diaryl/α,β-unsaturated/α-hetero) is 1. The Kier molecular flexibility index (Phi) is 6.20. The van der Waals surface area contributed by atoms with Gasteiger partial charge in [0.05, 0.1) is 0 Å². The van der Waals surface area contributed by atoms with E-state index in [1.54, 1.807) is 19.1 Å².